The summed E-state index contributed by atoms with van der Waals surface area (Å²) in [5.74, 6) is 1.27. The van der Waals surface area contributed by atoms with Gasteiger partial charge in [0, 0.05) is 31.8 Å². The number of rotatable bonds is 7. The highest BCUT2D eigenvalue weighted by Gasteiger charge is 2.29. The van der Waals surface area contributed by atoms with E-state index in [2.05, 4.69) is 5.32 Å². The van der Waals surface area contributed by atoms with E-state index in [-0.39, 0.29) is 5.91 Å². The number of sulfonamides is 1. The Balaban J connectivity index is 1.81. The summed E-state index contributed by atoms with van der Waals surface area (Å²) in [5.41, 5.74) is 0. The first-order valence-electron chi connectivity index (χ1n) is 7.85. The Bertz CT molecular complexity index is 597. The van der Waals surface area contributed by atoms with Crippen molar-refractivity contribution in [3.63, 3.8) is 0 Å². The number of hydrogen-bond acceptors (Lipinski definition) is 4. The van der Waals surface area contributed by atoms with Crippen LogP contribution in [0.4, 0.5) is 0 Å². The molecular formula is C16H24N2O3S2. The second kappa shape index (κ2) is 8.70. The molecule has 0 atom stereocenters. The van der Waals surface area contributed by atoms with Gasteiger partial charge in [-0.3, -0.25) is 4.79 Å². The molecule has 0 radical (unpaired) electrons. The van der Waals surface area contributed by atoms with Crippen molar-refractivity contribution >= 4 is 27.7 Å². The van der Waals surface area contributed by atoms with E-state index in [0.717, 1.165) is 18.6 Å². The zero-order chi connectivity index (χ0) is 16.7. The molecule has 5 nitrogen and oxygen atoms in total. The second-order valence-electron chi connectivity index (χ2n) is 5.71. The number of nitrogens with zero attached hydrogens (tertiary/aromatic N) is 1. The molecule has 0 aromatic heterocycles. The minimum absolute atomic E-state index is 0.0821. The van der Waals surface area contributed by atoms with Crippen molar-refractivity contribution in [1.82, 2.24) is 9.62 Å². The number of carbonyl (C=O) groups excluding carboxylic acids is 1. The van der Waals surface area contributed by atoms with Crippen molar-refractivity contribution < 1.29 is 13.2 Å². The molecule has 1 N–H and O–H groups in total. The standard InChI is InChI=1S/C16H24N2O3S2/c1-22-12-9-16(19)17-13-14-7-10-18(11-8-14)23(20,21)15-5-3-2-4-6-15/h2-6,14H,7-13H2,1H3,(H,17,19). The summed E-state index contributed by atoms with van der Waals surface area (Å²) >= 11 is 1.66. The molecule has 1 amide bonds. The minimum Gasteiger partial charge on any atom is -0.356 e. The van der Waals surface area contributed by atoms with Crippen LogP contribution in [0, 0.1) is 5.92 Å². The van der Waals surface area contributed by atoms with Gasteiger partial charge < -0.3 is 5.32 Å². The number of amides is 1. The van der Waals surface area contributed by atoms with Crippen LogP contribution in [0.1, 0.15) is 19.3 Å². The molecule has 0 saturated carbocycles. The van der Waals surface area contributed by atoms with Crippen LogP contribution in [0.25, 0.3) is 0 Å². The van der Waals surface area contributed by atoms with Gasteiger partial charge in [0.05, 0.1) is 4.90 Å². The van der Waals surface area contributed by atoms with E-state index in [1.807, 2.05) is 12.3 Å². The van der Waals surface area contributed by atoms with E-state index in [4.69, 9.17) is 0 Å². The SMILES string of the molecule is CSCCC(=O)NCC1CCN(S(=O)(=O)c2ccccc2)CC1. The van der Waals surface area contributed by atoms with Crippen LogP contribution in [0.5, 0.6) is 0 Å². The van der Waals surface area contributed by atoms with Gasteiger partial charge in [-0.05, 0) is 37.1 Å². The van der Waals surface area contributed by atoms with Crippen LogP contribution in [0.3, 0.4) is 0 Å². The van der Waals surface area contributed by atoms with E-state index in [0.29, 0.717) is 36.9 Å². The topological polar surface area (TPSA) is 66.5 Å². The van der Waals surface area contributed by atoms with Crippen molar-refractivity contribution in [1.29, 1.82) is 0 Å². The van der Waals surface area contributed by atoms with Gasteiger partial charge in [0.2, 0.25) is 15.9 Å². The molecule has 7 heteroatoms. The molecule has 1 heterocycles. The molecule has 2 rings (SSSR count). The highest BCUT2D eigenvalue weighted by Crippen LogP contribution is 2.23. The van der Waals surface area contributed by atoms with Crippen LogP contribution in [-0.4, -0.2) is 50.3 Å². The Morgan fingerprint density at radius 1 is 1.26 bits per heavy atom. The molecule has 0 unspecified atom stereocenters. The van der Waals surface area contributed by atoms with E-state index < -0.39 is 10.0 Å². The van der Waals surface area contributed by atoms with Gasteiger partial charge in [-0.15, -0.1) is 0 Å². The molecular weight excluding hydrogens is 332 g/mol. The summed E-state index contributed by atoms with van der Waals surface area (Å²) in [6.45, 7) is 1.68. The highest BCUT2D eigenvalue weighted by molar-refractivity contribution is 7.98. The van der Waals surface area contributed by atoms with Crippen LogP contribution in [0.2, 0.25) is 0 Å². The number of thioether (sulfide) groups is 1. The third kappa shape index (κ3) is 5.22. The lowest BCUT2D eigenvalue weighted by Gasteiger charge is -2.31. The maximum Gasteiger partial charge on any atom is 0.243 e. The van der Waals surface area contributed by atoms with E-state index in [1.54, 1.807) is 40.3 Å². The van der Waals surface area contributed by atoms with Gasteiger partial charge in [0.15, 0.2) is 0 Å². The van der Waals surface area contributed by atoms with Crippen LogP contribution in [-0.2, 0) is 14.8 Å². The molecule has 0 bridgehead atoms. The lowest BCUT2D eigenvalue weighted by Crippen LogP contribution is -2.41. The Labute approximate surface area is 142 Å². The zero-order valence-corrected chi connectivity index (χ0v) is 15.0. The average molecular weight is 357 g/mol. The third-order valence-corrected chi connectivity index (χ3v) is 6.60. The van der Waals surface area contributed by atoms with Crippen molar-refractivity contribution in [2.45, 2.75) is 24.2 Å². The lowest BCUT2D eigenvalue weighted by atomic mass is 9.98. The summed E-state index contributed by atoms with van der Waals surface area (Å²) in [4.78, 5) is 12.0. The number of benzene rings is 1. The summed E-state index contributed by atoms with van der Waals surface area (Å²) < 4.78 is 26.6. The summed E-state index contributed by atoms with van der Waals surface area (Å²) in [5, 5.41) is 2.95. The monoisotopic (exact) mass is 356 g/mol. The molecule has 1 aromatic rings. The van der Waals surface area contributed by atoms with Crippen molar-refractivity contribution in [3.8, 4) is 0 Å². The van der Waals surface area contributed by atoms with E-state index in [1.165, 1.54) is 0 Å². The maximum atomic E-state index is 12.5. The van der Waals surface area contributed by atoms with Gasteiger partial charge >= 0.3 is 0 Å². The molecule has 1 aromatic carbocycles. The fourth-order valence-electron chi connectivity index (χ4n) is 2.64. The number of nitrogens with one attached hydrogen (secondary N) is 1. The zero-order valence-electron chi connectivity index (χ0n) is 13.4. The van der Waals surface area contributed by atoms with E-state index >= 15 is 0 Å². The van der Waals surface area contributed by atoms with Crippen LogP contribution < -0.4 is 5.32 Å². The first kappa shape index (κ1) is 18.3. The Kier molecular flexibility index (Phi) is 6.92. The van der Waals surface area contributed by atoms with Gasteiger partial charge in [-0.2, -0.15) is 16.1 Å². The predicted molar refractivity (Wildman–Crippen MR) is 93.9 cm³/mol. The fourth-order valence-corrected chi connectivity index (χ4v) is 4.52. The first-order valence-corrected chi connectivity index (χ1v) is 10.7. The van der Waals surface area contributed by atoms with Crippen molar-refractivity contribution in [3.05, 3.63) is 30.3 Å². The summed E-state index contributed by atoms with van der Waals surface area (Å²) in [6, 6.07) is 8.55. The fraction of sp³-hybridized carbons (Fsp3) is 0.562. The van der Waals surface area contributed by atoms with Gasteiger partial charge in [-0.1, -0.05) is 18.2 Å². The minimum atomic E-state index is -3.39. The number of hydrogen-bond donors (Lipinski definition) is 1. The third-order valence-electron chi connectivity index (χ3n) is 4.08. The van der Waals surface area contributed by atoms with Crippen LogP contribution in [0.15, 0.2) is 35.2 Å². The molecule has 1 aliphatic heterocycles. The molecule has 1 aliphatic rings. The molecule has 1 saturated heterocycles. The van der Waals surface area contributed by atoms with Gasteiger partial charge in [0.1, 0.15) is 0 Å². The largest absolute Gasteiger partial charge is 0.356 e. The Hall–Kier alpha value is -1.05. The number of piperidine rings is 1. The smallest absolute Gasteiger partial charge is 0.243 e. The normalized spacial score (nSPS) is 17.1. The van der Waals surface area contributed by atoms with Crippen LogP contribution >= 0.6 is 11.8 Å². The Morgan fingerprint density at radius 3 is 2.52 bits per heavy atom. The van der Waals surface area contributed by atoms with Gasteiger partial charge in [-0.25, -0.2) is 8.42 Å². The molecule has 0 spiro atoms. The van der Waals surface area contributed by atoms with E-state index in [9.17, 15) is 13.2 Å². The maximum absolute atomic E-state index is 12.5. The molecule has 128 valence electrons. The first-order chi connectivity index (χ1) is 11.0. The molecule has 0 aliphatic carbocycles. The molecule has 23 heavy (non-hydrogen) atoms. The highest BCUT2D eigenvalue weighted by atomic mass is 32.2. The lowest BCUT2D eigenvalue weighted by molar-refractivity contribution is -0.120. The summed E-state index contributed by atoms with van der Waals surface area (Å²) in [7, 11) is -3.39. The summed E-state index contributed by atoms with van der Waals surface area (Å²) in [6.07, 6.45) is 4.10. The van der Waals surface area contributed by atoms with Crippen molar-refractivity contribution in [2.24, 2.45) is 5.92 Å². The quantitative estimate of drug-likeness (QED) is 0.811. The Morgan fingerprint density at radius 2 is 1.91 bits per heavy atom. The molecule has 1 fully saturated rings. The average Bonchev–Trinajstić information content (AvgIpc) is 2.59. The van der Waals surface area contributed by atoms with Crippen molar-refractivity contribution in [2.75, 3.05) is 31.6 Å². The predicted octanol–water partition coefficient (Wildman–Crippen LogP) is 1.96. The second-order valence-corrected chi connectivity index (χ2v) is 8.63. The van der Waals surface area contributed by atoms with Gasteiger partial charge in [0.25, 0.3) is 0 Å². The number of carbonyl (C=O) groups is 1.